The van der Waals surface area contributed by atoms with Crippen molar-refractivity contribution in [2.24, 2.45) is 5.84 Å². The Labute approximate surface area is 100 Å². The van der Waals surface area contributed by atoms with Crippen molar-refractivity contribution in [1.29, 1.82) is 0 Å². The zero-order chi connectivity index (χ0) is 12.3. The quantitative estimate of drug-likeness (QED) is 0.399. The van der Waals surface area contributed by atoms with E-state index >= 15 is 0 Å². The Balaban J connectivity index is 2.22. The molecule has 0 spiro atoms. The van der Waals surface area contributed by atoms with Crippen LogP contribution in [0.5, 0.6) is 5.75 Å². The number of hydrogen-bond donors (Lipinski definition) is 3. The number of hydrazine groups is 1. The minimum atomic E-state index is -0.161. The second-order valence-electron chi connectivity index (χ2n) is 4.09. The molecule has 0 saturated heterocycles. The van der Waals surface area contributed by atoms with Crippen molar-refractivity contribution in [1.82, 2.24) is 10.7 Å². The Morgan fingerprint density at radius 2 is 2.47 bits per heavy atom. The molecule has 5 nitrogen and oxygen atoms in total. The highest BCUT2D eigenvalue weighted by atomic mass is 16.5. The second-order valence-corrected chi connectivity index (χ2v) is 4.09. The van der Waals surface area contributed by atoms with Gasteiger partial charge in [-0.25, -0.2) is 5.84 Å². The van der Waals surface area contributed by atoms with Crippen molar-refractivity contribution in [3.63, 3.8) is 0 Å². The standard InChI is InChI=1S/C12H17N3O2/c1-17-9-2-3-10-8(6-9)4-5-14-11(10)7-12(16)15-13/h2-3,6,11,14H,4-5,7,13H2,1H3,(H,15,16)/t11-/m0/s1. The highest BCUT2D eigenvalue weighted by Gasteiger charge is 2.22. The Morgan fingerprint density at radius 3 is 3.18 bits per heavy atom. The first-order chi connectivity index (χ1) is 8.24. The number of carbonyl (C=O) groups excluding carboxylic acids is 1. The van der Waals surface area contributed by atoms with E-state index in [9.17, 15) is 4.79 Å². The zero-order valence-electron chi connectivity index (χ0n) is 9.82. The summed E-state index contributed by atoms with van der Waals surface area (Å²) in [7, 11) is 1.65. The van der Waals surface area contributed by atoms with Gasteiger partial charge in [0.25, 0.3) is 0 Å². The number of hydrogen-bond acceptors (Lipinski definition) is 4. The first-order valence-electron chi connectivity index (χ1n) is 5.64. The van der Waals surface area contributed by atoms with E-state index in [4.69, 9.17) is 10.6 Å². The number of nitrogens with one attached hydrogen (secondary N) is 2. The van der Waals surface area contributed by atoms with Crippen molar-refractivity contribution >= 4 is 5.91 Å². The van der Waals surface area contributed by atoms with Gasteiger partial charge in [0.05, 0.1) is 7.11 Å². The second kappa shape index (κ2) is 5.16. The van der Waals surface area contributed by atoms with E-state index < -0.39 is 0 Å². The van der Waals surface area contributed by atoms with E-state index in [2.05, 4.69) is 10.7 Å². The SMILES string of the molecule is COc1ccc2c(c1)CCN[C@H]2CC(=O)NN. The lowest BCUT2D eigenvalue weighted by molar-refractivity contribution is -0.121. The maximum atomic E-state index is 11.3. The molecule has 1 aromatic carbocycles. The van der Waals surface area contributed by atoms with Crippen LogP contribution in [0, 0.1) is 0 Å². The molecule has 1 aliphatic rings. The molecule has 0 radical (unpaired) electrons. The van der Waals surface area contributed by atoms with Crippen LogP contribution in [-0.4, -0.2) is 19.6 Å². The maximum absolute atomic E-state index is 11.3. The minimum absolute atomic E-state index is 0.0354. The Hall–Kier alpha value is -1.59. The molecule has 92 valence electrons. The molecule has 1 aliphatic heterocycles. The maximum Gasteiger partial charge on any atom is 0.235 e. The van der Waals surface area contributed by atoms with E-state index in [1.165, 1.54) is 5.56 Å². The van der Waals surface area contributed by atoms with Gasteiger partial charge in [-0.1, -0.05) is 6.07 Å². The van der Waals surface area contributed by atoms with Crippen LogP contribution in [0.4, 0.5) is 0 Å². The van der Waals surface area contributed by atoms with Crippen molar-refractivity contribution in [2.75, 3.05) is 13.7 Å². The number of ether oxygens (including phenoxy) is 1. The smallest absolute Gasteiger partial charge is 0.235 e. The summed E-state index contributed by atoms with van der Waals surface area (Å²) in [6.45, 7) is 0.864. The molecule has 0 unspecified atom stereocenters. The highest BCUT2D eigenvalue weighted by molar-refractivity contribution is 5.76. The van der Waals surface area contributed by atoms with Crippen LogP contribution in [0.3, 0.4) is 0 Å². The first-order valence-corrected chi connectivity index (χ1v) is 5.64. The Morgan fingerprint density at radius 1 is 1.65 bits per heavy atom. The van der Waals surface area contributed by atoms with Gasteiger partial charge in [0.15, 0.2) is 0 Å². The van der Waals surface area contributed by atoms with E-state index in [0.717, 1.165) is 24.3 Å². The van der Waals surface area contributed by atoms with E-state index in [1.54, 1.807) is 7.11 Å². The average Bonchev–Trinajstić information content (AvgIpc) is 2.38. The third kappa shape index (κ3) is 2.57. The topological polar surface area (TPSA) is 76.4 Å². The summed E-state index contributed by atoms with van der Waals surface area (Å²) in [4.78, 5) is 11.3. The van der Waals surface area contributed by atoms with Gasteiger partial charge < -0.3 is 10.1 Å². The molecule has 4 N–H and O–H groups in total. The third-order valence-corrected chi connectivity index (χ3v) is 3.06. The molecule has 1 aromatic rings. The Kier molecular flexibility index (Phi) is 3.61. The van der Waals surface area contributed by atoms with Crippen molar-refractivity contribution in [2.45, 2.75) is 18.9 Å². The zero-order valence-corrected chi connectivity index (χ0v) is 9.82. The molecule has 2 rings (SSSR count). The molecule has 17 heavy (non-hydrogen) atoms. The van der Waals surface area contributed by atoms with Gasteiger partial charge in [-0.2, -0.15) is 0 Å². The third-order valence-electron chi connectivity index (χ3n) is 3.06. The van der Waals surface area contributed by atoms with Crippen LogP contribution in [0.1, 0.15) is 23.6 Å². The summed E-state index contributed by atoms with van der Waals surface area (Å²) >= 11 is 0. The fourth-order valence-corrected chi connectivity index (χ4v) is 2.18. The molecule has 5 heteroatoms. The largest absolute Gasteiger partial charge is 0.497 e. The first kappa shape index (κ1) is 11.9. The number of fused-ring (bicyclic) bond motifs is 1. The number of rotatable bonds is 3. The van der Waals surface area contributed by atoms with Crippen LogP contribution in [0.15, 0.2) is 18.2 Å². The van der Waals surface area contributed by atoms with Crippen molar-refractivity contribution < 1.29 is 9.53 Å². The van der Waals surface area contributed by atoms with Gasteiger partial charge >= 0.3 is 0 Å². The molecular formula is C12H17N3O2. The lowest BCUT2D eigenvalue weighted by atomic mass is 9.92. The predicted octanol–water partition coefficient (Wildman–Crippen LogP) is 0.262. The molecule has 0 bridgehead atoms. The Bertz CT molecular complexity index is 420. The van der Waals surface area contributed by atoms with Crippen LogP contribution in [0.25, 0.3) is 0 Å². The summed E-state index contributed by atoms with van der Waals surface area (Å²) in [5.74, 6) is 5.80. The number of amides is 1. The fraction of sp³-hybridized carbons (Fsp3) is 0.417. The van der Waals surface area contributed by atoms with Crippen molar-refractivity contribution in [3.8, 4) is 5.75 Å². The predicted molar refractivity (Wildman–Crippen MR) is 64.4 cm³/mol. The van der Waals surface area contributed by atoms with Gasteiger partial charge in [-0.15, -0.1) is 0 Å². The number of benzene rings is 1. The van der Waals surface area contributed by atoms with Crippen molar-refractivity contribution in [3.05, 3.63) is 29.3 Å². The lowest BCUT2D eigenvalue weighted by Gasteiger charge is -2.26. The van der Waals surface area contributed by atoms with Gasteiger partial charge in [-0.3, -0.25) is 10.2 Å². The van der Waals surface area contributed by atoms with Gasteiger partial charge in [0.2, 0.25) is 5.91 Å². The summed E-state index contributed by atoms with van der Waals surface area (Å²) in [5.41, 5.74) is 4.55. The highest BCUT2D eigenvalue weighted by Crippen LogP contribution is 2.28. The van der Waals surface area contributed by atoms with Gasteiger partial charge in [-0.05, 0) is 36.2 Å². The molecule has 1 atom stereocenters. The minimum Gasteiger partial charge on any atom is -0.497 e. The summed E-state index contributed by atoms with van der Waals surface area (Å²) in [6, 6.07) is 5.99. The van der Waals surface area contributed by atoms with Crippen LogP contribution < -0.4 is 21.3 Å². The van der Waals surface area contributed by atoms with E-state index in [1.807, 2.05) is 18.2 Å². The van der Waals surface area contributed by atoms with Crippen LogP contribution >= 0.6 is 0 Å². The van der Waals surface area contributed by atoms with Gasteiger partial charge in [0, 0.05) is 12.5 Å². The molecule has 0 aliphatic carbocycles. The summed E-state index contributed by atoms with van der Waals surface area (Å²) in [6.07, 6.45) is 1.31. The number of carbonyl (C=O) groups is 1. The number of nitrogens with two attached hydrogens (primary N) is 1. The van der Waals surface area contributed by atoms with E-state index in [-0.39, 0.29) is 11.9 Å². The normalized spacial score (nSPS) is 18.4. The number of methoxy groups -OCH3 is 1. The monoisotopic (exact) mass is 235 g/mol. The van der Waals surface area contributed by atoms with Gasteiger partial charge in [0.1, 0.15) is 5.75 Å². The lowest BCUT2D eigenvalue weighted by Crippen LogP contribution is -2.37. The van der Waals surface area contributed by atoms with Crippen LogP contribution in [0.2, 0.25) is 0 Å². The summed E-state index contributed by atoms with van der Waals surface area (Å²) in [5, 5.41) is 3.32. The fourth-order valence-electron chi connectivity index (χ4n) is 2.18. The molecule has 1 heterocycles. The van der Waals surface area contributed by atoms with E-state index in [0.29, 0.717) is 6.42 Å². The molecule has 0 fully saturated rings. The average molecular weight is 235 g/mol. The molecule has 0 aromatic heterocycles. The molecule has 0 saturated carbocycles. The summed E-state index contributed by atoms with van der Waals surface area (Å²) < 4.78 is 5.20. The molecule has 1 amide bonds. The van der Waals surface area contributed by atoms with Crippen LogP contribution in [-0.2, 0) is 11.2 Å². The molecular weight excluding hydrogens is 218 g/mol.